The van der Waals surface area contributed by atoms with Crippen LogP contribution in [0.15, 0.2) is 42.7 Å². The standard InChI is InChI=1S/C17H21N5O/c18-15-4-1-3-14(13-15)5-6-16(23)21-9-11-22(12-10-21)17-19-7-2-8-20-17/h1-4,7-8,13H,5-6,9-12,18H2. The summed E-state index contributed by atoms with van der Waals surface area (Å²) in [6.45, 7) is 2.98. The third kappa shape index (κ3) is 3.97. The molecule has 0 unspecified atom stereocenters. The van der Waals surface area contributed by atoms with Crippen LogP contribution in [0.1, 0.15) is 12.0 Å². The van der Waals surface area contributed by atoms with Crippen molar-refractivity contribution >= 4 is 17.5 Å². The Balaban J connectivity index is 1.48. The van der Waals surface area contributed by atoms with Gasteiger partial charge < -0.3 is 15.5 Å². The molecule has 1 aliphatic heterocycles. The van der Waals surface area contributed by atoms with Crippen LogP contribution < -0.4 is 10.6 Å². The summed E-state index contributed by atoms with van der Waals surface area (Å²) in [6.07, 6.45) is 4.73. The Hall–Kier alpha value is -2.63. The average molecular weight is 311 g/mol. The predicted octanol–water partition coefficient (Wildman–Crippen LogP) is 1.34. The van der Waals surface area contributed by atoms with Crippen LogP contribution in [-0.2, 0) is 11.2 Å². The maximum absolute atomic E-state index is 12.3. The SMILES string of the molecule is Nc1cccc(CCC(=O)N2CCN(c3ncccn3)CC2)c1. The minimum Gasteiger partial charge on any atom is -0.399 e. The van der Waals surface area contributed by atoms with Gasteiger partial charge in [0.15, 0.2) is 0 Å². The molecule has 6 nitrogen and oxygen atoms in total. The number of carbonyl (C=O) groups is 1. The van der Waals surface area contributed by atoms with Gasteiger partial charge in [-0.3, -0.25) is 4.79 Å². The molecule has 0 aliphatic carbocycles. The fourth-order valence-electron chi connectivity index (χ4n) is 2.77. The Morgan fingerprint density at radius 2 is 1.83 bits per heavy atom. The summed E-state index contributed by atoms with van der Waals surface area (Å²) in [7, 11) is 0. The van der Waals surface area contributed by atoms with Gasteiger partial charge in [-0.2, -0.15) is 0 Å². The summed E-state index contributed by atoms with van der Waals surface area (Å²) in [5, 5.41) is 0. The Morgan fingerprint density at radius 1 is 1.09 bits per heavy atom. The molecule has 2 heterocycles. The second-order valence-electron chi connectivity index (χ2n) is 5.66. The van der Waals surface area contributed by atoms with Crippen molar-refractivity contribution in [1.29, 1.82) is 0 Å². The number of rotatable bonds is 4. The topological polar surface area (TPSA) is 75.4 Å². The van der Waals surface area contributed by atoms with Crippen molar-refractivity contribution < 1.29 is 4.79 Å². The van der Waals surface area contributed by atoms with E-state index in [1.165, 1.54) is 0 Å². The van der Waals surface area contributed by atoms with Crippen molar-refractivity contribution in [2.45, 2.75) is 12.8 Å². The summed E-state index contributed by atoms with van der Waals surface area (Å²) >= 11 is 0. The first-order valence-corrected chi connectivity index (χ1v) is 7.86. The summed E-state index contributed by atoms with van der Waals surface area (Å²) in [4.78, 5) is 24.9. The molecule has 1 saturated heterocycles. The largest absolute Gasteiger partial charge is 0.399 e. The van der Waals surface area contributed by atoms with Crippen LogP contribution in [-0.4, -0.2) is 47.0 Å². The maximum Gasteiger partial charge on any atom is 0.225 e. The van der Waals surface area contributed by atoms with Crippen molar-refractivity contribution in [3.8, 4) is 0 Å². The first-order chi connectivity index (χ1) is 11.2. The van der Waals surface area contributed by atoms with E-state index in [0.29, 0.717) is 19.5 Å². The number of nitrogens with two attached hydrogens (primary N) is 1. The molecule has 0 radical (unpaired) electrons. The third-order valence-corrected chi connectivity index (χ3v) is 4.05. The van der Waals surface area contributed by atoms with Crippen LogP contribution in [0.5, 0.6) is 0 Å². The van der Waals surface area contributed by atoms with Gasteiger partial charge in [-0.15, -0.1) is 0 Å². The van der Waals surface area contributed by atoms with E-state index in [2.05, 4.69) is 14.9 Å². The first-order valence-electron chi connectivity index (χ1n) is 7.86. The van der Waals surface area contributed by atoms with Gasteiger partial charge in [0.25, 0.3) is 0 Å². The van der Waals surface area contributed by atoms with E-state index in [9.17, 15) is 4.79 Å². The van der Waals surface area contributed by atoms with Gasteiger partial charge in [0, 0.05) is 50.7 Å². The van der Waals surface area contributed by atoms with Crippen molar-refractivity contribution in [3.63, 3.8) is 0 Å². The number of aromatic nitrogens is 2. The zero-order chi connectivity index (χ0) is 16.1. The highest BCUT2D eigenvalue weighted by atomic mass is 16.2. The number of nitrogens with zero attached hydrogens (tertiary/aromatic N) is 4. The number of aryl methyl sites for hydroxylation is 1. The van der Waals surface area contributed by atoms with E-state index in [1.807, 2.05) is 29.2 Å². The van der Waals surface area contributed by atoms with Gasteiger partial charge in [-0.25, -0.2) is 9.97 Å². The van der Waals surface area contributed by atoms with Crippen LogP contribution in [0, 0.1) is 0 Å². The van der Waals surface area contributed by atoms with Gasteiger partial charge >= 0.3 is 0 Å². The van der Waals surface area contributed by atoms with Gasteiger partial charge in [-0.05, 0) is 30.2 Å². The molecule has 1 aromatic heterocycles. The van der Waals surface area contributed by atoms with Crippen molar-refractivity contribution in [3.05, 3.63) is 48.3 Å². The number of carbonyl (C=O) groups excluding carboxylic acids is 1. The van der Waals surface area contributed by atoms with Crippen molar-refractivity contribution in [2.24, 2.45) is 0 Å². The summed E-state index contributed by atoms with van der Waals surface area (Å²) in [5.41, 5.74) is 7.61. The minimum atomic E-state index is 0.195. The molecule has 6 heteroatoms. The number of piperazine rings is 1. The highest BCUT2D eigenvalue weighted by molar-refractivity contribution is 5.76. The monoisotopic (exact) mass is 311 g/mol. The van der Waals surface area contributed by atoms with Crippen molar-refractivity contribution in [2.75, 3.05) is 36.8 Å². The molecule has 1 amide bonds. The summed E-state index contributed by atoms with van der Waals surface area (Å²) < 4.78 is 0. The van der Waals surface area contributed by atoms with Gasteiger partial charge in [-0.1, -0.05) is 12.1 Å². The quantitative estimate of drug-likeness (QED) is 0.862. The maximum atomic E-state index is 12.3. The second-order valence-corrected chi connectivity index (χ2v) is 5.66. The van der Waals surface area contributed by atoms with E-state index in [0.717, 1.165) is 36.7 Å². The highest BCUT2D eigenvalue weighted by Gasteiger charge is 2.22. The second kappa shape index (κ2) is 7.09. The third-order valence-electron chi connectivity index (χ3n) is 4.05. The molecule has 1 aromatic carbocycles. The lowest BCUT2D eigenvalue weighted by Gasteiger charge is -2.34. The van der Waals surface area contributed by atoms with Gasteiger partial charge in [0.05, 0.1) is 0 Å². The molecular formula is C17H21N5O. The molecule has 0 saturated carbocycles. The van der Waals surface area contributed by atoms with Gasteiger partial charge in [0.1, 0.15) is 0 Å². The fraction of sp³-hybridized carbons (Fsp3) is 0.353. The summed E-state index contributed by atoms with van der Waals surface area (Å²) in [5.74, 6) is 0.931. The van der Waals surface area contributed by atoms with E-state index < -0.39 is 0 Å². The number of amides is 1. The fourth-order valence-corrected chi connectivity index (χ4v) is 2.77. The average Bonchev–Trinajstić information content (AvgIpc) is 2.61. The highest BCUT2D eigenvalue weighted by Crippen LogP contribution is 2.13. The lowest BCUT2D eigenvalue weighted by molar-refractivity contribution is -0.131. The van der Waals surface area contributed by atoms with Crippen LogP contribution in [0.2, 0.25) is 0 Å². The molecule has 1 fully saturated rings. The number of hydrogen-bond donors (Lipinski definition) is 1. The van der Waals surface area contributed by atoms with E-state index in [4.69, 9.17) is 5.73 Å². The normalized spacial score (nSPS) is 14.8. The van der Waals surface area contributed by atoms with Crippen LogP contribution >= 0.6 is 0 Å². The Labute approximate surface area is 135 Å². The molecule has 2 aromatic rings. The molecule has 1 aliphatic rings. The molecular weight excluding hydrogens is 290 g/mol. The lowest BCUT2D eigenvalue weighted by Crippen LogP contribution is -2.49. The number of nitrogen functional groups attached to an aromatic ring is 1. The number of benzene rings is 1. The molecule has 23 heavy (non-hydrogen) atoms. The molecule has 0 bridgehead atoms. The first kappa shape index (κ1) is 15.3. The predicted molar refractivity (Wildman–Crippen MR) is 90.0 cm³/mol. The van der Waals surface area contributed by atoms with E-state index in [-0.39, 0.29) is 5.91 Å². The summed E-state index contributed by atoms with van der Waals surface area (Å²) in [6, 6.07) is 9.52. The minimum absolute atomic E-state index is 0.195. The van der Waals surface area contributed by atoms with E-state index >= 15 is 0 Å². The zero-order valence-electron chi connectivity index (χ0n) is 13.1. The van der Waals surface area contributed by atoms with Crippen LogP contribution in [0.25, 0.3) is 0 Å². The Kier molecular flexibility index (Phi) is 4.71. The smallest absolute Gasteiger partial charge is 0.225 e. The Morgan fingerprint density at radius 3 is 2.52 bits per heavy atom. The zero-order valence-corrected chi connectivity index (χ0v) is 13.1. The molecule has 3 rings (SSSR count). The molecule has 2 N–H and O–H groups in total. The van der Waals surface area contributed by atoms with Crippen molar-refractivity contribution in [1.82, 2.24) is 14.9 Å². The molecule has 120 valence electrons. The van der Waals surface area contributed by atoms with Gasteiger partial charge in [0.2, 0.25) is 11.9 Å². The lowest BCUT2D eigenvalue weighted by atomic mass is 10.1. The van der Waals surface area contributed by atoms with E-state index in [1.54, 1.807) is 18.5 Å². The van der Waals surface area contributed by atoms with Crippen LogP contribution in [0.3, 0.4) is 0 Å². The molecule has 0 spiro atoms. The number of anilines is 2. The number of hydrogen-bond acceptors (Lipinski definition) is 5. The molecule has 0 atom stereocenters. The van der Waals surface area contributed by atoms with Crippen LogP contribution in [0.4, 0.5) is 11.6 Å². The Bertz CT molecular complexity index is 653.